The van der Waals surface area contributed by atoms with Crippen LogP contribution < -0.4 is 0 Å². The number of hydrogen-bond donors (Lipinski definition) is 1. The van der Waals surface area contributed by atoms with Gasteiger partial charge < -0.3 is 10.0 Å². The summed E-state index contributed by atoms with van der Waals surface area (Å²) >= 11 is 11.0. The maximum absolute atomic E-state index is 13.3. The fraction of sp³-hybridized carbons (Fsp3) is 0.273. The van der Waals surface area contributed by atoms with Crippen LogP contribution in [0, 0.1) is 5.82 Å². The molecule has 0 aliphatic carbocycles. The molecule has 10 heteroatoms. The number of carbonyl (C=O) groups excluding carboxylic acids is 1. The molecule has 1 N–H and O–H groups in total. The Balaban J connectivity index is 3.16. The van der Waals surface area contributed by atoms with Gasteiger partial charge in [-0.05, 0) is 12.1 Å². The predicted octanol–water partition coefficient (Wildman–Crippen LogP) is 3.22. The Kier molecular flexibility index (Phi) is 5.41. The number of carbonyl (C=O) groups is 2. The van der Waals surface area contributed by atoms with Gasteiger partial charge in [0.25, 0.3) is 5.91 Å². The Morgan fingerprint density at radius 3 is 2.24 bits per heavy atom. The van der Waals surface area contributed by atoms with Crippen LogP contribution in [0.25, 0.3) is 0 Å². The van der Waals surface area contributed by atoms with Crippen molar-refractivity contribution >= 4 is 35.1 Å². The van der Waals surface area contributed by atoms with E-state index in [9.17, 15) is 27.2 Å². The second-order valence-corrected chi connectivity index (χ2v) is 4.73. The molecule has 0 heterocycles. The molecule has 4 nitrogen and oxygen atoms in total. The molecule has 1 amide bonds. The van der Waals surface area contributed by atoms with Crippen molar-refractivity contribution in [1.82, 2.24) is 4.90 Å². The first kappa shape index (κ1) is 17.5. The number of rotatable bonds is 4. The maximum atomic E-state index is 13.3. The van der Waals surface area contributed by atoms with Crippen LogP contribution in [0.2, 0.25) is 10.0 Å². The van der Waals surface area contributed by atoms with Crippen LogP contribution in [-0.4, -0.2) is 41.1 Å². The summed E-state index contributed by atoms with van der Waals surface area (Å²) < 4.78 is 50.4. The zero-order valence-corrected chi connectivity index (χ0v) is 11.6. The molecule has 0 aromatic heterocycles. The minimum absolute atomic E-state index is 0.00308. The van der Waals surface area contributed by atoms with Crippen molar-refractivity contribution in [3.8, 4) is 0 Å². The van der Waals surface area contributed by atoms with Crippen LogP contribution in [-0.2, 0) is 4.79 Å². The fourth-order valence-electron chi connectivity index (χ4n) is 1.44. The van der Waals surface area contributed by atoms with Gasteiger partial charge in [-0.15, -0.1) is 0 Å². The number of hydrogen-bond acceptors (Lipinski definition) is 2. The molecule has 1 rings (SSSR count). The Labute approximate surface area is 125 Å². The van der Waals surface area contributed by atoms with Crippen molar-refractivity contribution in [2.75, 3.05) is 13.1 Å². The van der Waals surface area contributed by atoms with E-state index < -0.39 is 47.5 Å². The molecule has 0 aliphatic rings. The summed E-state index contributed by atoms with van der Waals surface area (Å²) in [6, 6.07) is 1.40. The second kappa shape index (κ2) is 6.48. The van der Waals surface area contributed by atoms with Gasteiger partial charge >= 0.3 is 12.1 Å². The van der Waals surface area contributed by atoms with E-state index in [1.54, 1.807) is 0 Å². The number of halogens is 6. The molecule has 0 radical (unpaired) electrons. The molecule has 0 unspecified atom stereocenters. The van der Waals surface area contributed by atoms with E-state index in [1.807, 2.05) is 0 Å². The summed E-state index contributed by atoms with van der Waals surface area (Å²) in [5.74, 6) is -4.08. The van der Waals surface area contributed by atoms with Gasteiger partial charge in [0.15, 0.2) is 0 Å². The van der Waals surface area contributed by atoms with Crippen LogP contribution in [0.1, 0.15) is 10.4 Å². The topological polar surface area (TPSA) is 57.6 Å². The number of nitrogens with zero attached hydrogens (tertiary/aromatic N) is 1. The van der Waals surface area contributed by atoms with Crippen molar-refractivity contribution in [2.24, 2.45) is 0 Å². The van der Waals surface area contributed by atoms with E-state index in [1.165, 1.54) is 0 Å². The lowest BCUT2D eigenvalue weighted by molar-refractivity contribution is -0.149. The number of aliphatic carboxylic acids is 1. The molecule has 21 heavy (non-hydrogen) atoms. The average Bonchev–Trinajstić information content (AvgIpc) is 2.29. The highest BCUT2D eigenvalue weighted by Gasteiger charge is 2.35. The maximum Gasteiger partial charge on any atom is 0.406 e. The lowest BCUT2D eigenvalue weighted by atomic mass is 10.2. The van der Waals surface area contributed by atoms with Gasteiger partial charge in [-0.25, -0.2) is 4.39 Å². The first-order valence-electron chi connectivity index (χ1n) is 5.23. The van der Waals surface area contributed by atoms with E-state index >= 15 is 0 Å². The number of benzene rings is 1. The van der Waals surface area contributed by atoms with Gasteiger partial charge in [-0.3, -0.25) is 9.59 Å². The SMILES string of the molecule is O=C(O)CN(CC(F)(F)F)C(=O)c1cc(F)c(Cl)cc1Cl. The zero-order chi connectivity index (χ0) is 16.4. The molecule has 0 saturated heterocycles. The predicted molar refractivity (Wildman–Crippen MR) is 66.0 cm³/mol. The molecular formula is C11H7Cl2F4NO3. The van der Waals surface area contributed by atoms with E-state index in [0.717, 1.165) is 6.07 Å². The lowest BCUT2D eigenvalue weighted by Crippen LogP contribution is -2.42. The van der Waals surface area contributed by atoms with Crippen LogP contribution in [0.5, 0.6) is 0 Å². The fourth-order valence-corrected chi connectivity index (χ4v) is 1.90. The normalized spacial score (nSPS) is 11.3. The molecule has 0 bridgehead atoms. The van der Waals surface area contributed by atoms with Gasteiger partial charge in [0.1, 0.15) is 18.9 Å². The van der Waals surface area contributed by atoms with Crippen LogP contribution >= 0.6 is 23.2 Å². The van der Waals surface area contributed by atoms with Gasteiger partial charge in [-0.2, -0.15) is 13.2 Å². The second-order valence-electron chi connectivity index (χ2n) is 3.92. The third-order valence-electron chi connectivity index (χ3n) is 2.22. The standard InChI is InChI=1S/C11H7Cl2F4NO3/c12-6-2-7(13)8(14)1-5(6)10(21)18(3-9(19)20)4-11(15,16)17/h1-2H,3-4H2,(H,19,20). The Morgan fingerprint density at radius 2 is 1.76 bits per heavy atom. The number of alkyl halides is 3. The molecule has 1 aromatic carbocycles. The quantitative estimate of drug-likeness (QED) is 0.672. The van der Waals surface area contributed by atoms with Crippen molar-refractivity contribution in [1.29, 1.82) is 0 Å². The highest BCUT2D eigenvalue weighted by molar-refractivity contribution is 6.36. The van der Waals surface area contributed by atoms with Gasteiger partial charge in [-0.1, -0.05) is 23.2 Å². The highest BCUT2D eigenvalue weighted by atomic mass is 35.5. The molecule has 0 atom stereocenters. The van der Waals surface area contributed by atoms with Gasteiger partial charge in [0.05, 0.1) is 15.6 Å². The zero-order valence-electron chi connectivity index (χ0n) is 10.0. The Hall–Kier alpha value is -1.54. The lowest BCUT2D eigenvalue weighted by Gasteiger charge is -2.22. The summed E-state index contributed by atoms with van der Waals surface area (Å²) in [4.78, 5) is 22.5. The van der Waals surface area contributed by atoms with Crippen molar-refractivity contribution in [3.63, 3.8) is 0 Å². The molecule has 0 saturated carbocycles. The number of amides is 1. The van der Waals surface area contributed by atoms with Crippen molar-refractivity contribution in [3.05, 3.63) is 33.6 Å². The summed E-state index contributed by atoms with van der Waals surface area (Å²) in [5, 5.41) is 7.75. The minimum atomic E-state index is -4.82. The number of carboxylic acid groups (broad SMARTS) is 1. The summed E-state index contributed by atoms with van der Waals surface area (Å²) in [5.41, 5.74) is -0.607. The highest BCUT2D eigenvalue weighted by Crippen LogP contribution is 2.26. The molecule has 116 valence electrons. The first-order chi connectivity index (χ1) is 9.51. The van der Waals surface area contributed by atoms with Crippen molar-refractivity contribution < 1.29 is 32.3 Å². The largest absolute Gasteiger partial charge is 0.480 e. The monoisotopic (exact) mass is 347 g/mol. The molecule has 1 aromatic rings. The Bertz CT molecular complexity index is 577. The summed E-state index contributed by atoms with van der Waals surface area (Å²) in [6.07, 6.45) is -4.82. The van der Waals surface area contributed by atoms with E-state index in [4.69, 9.17) is 28.3 Å². The third kappa shape index (κ3) is 5.05. The first-order valence-corrected chi connectivity index (χ1v) is 5.99. The van der Waals surface area contributed by atoms with E-state index in [2.05, 4.69) is 0 Å². The van der Waals surface area contributed by atoms with E-state index in [-0.39, 0.29) is 9.92 Å². The van der Waals surface area contributed by atoms with E-state index in [0.29, 0.717) is 6.07 Å². The number of carboxylic acids is 1. The molecule has 0 spiro atoms. The van der Waals surface area contributed by atoms with Crippen molar-refractivity contribution in [2.45, 2.75) is 6.18 Å². The van der Waals surface area contributed by atoms with Crippen LogP contribution in [0.15, 0.2) is 12.1 Å². The summed E-state index contributed by atoms with van der Waals surface area (Å²) in [7, 11) is 0. The smallest absolute Gasteiger partial charge is 0.406 e. The van der Waals surface area contributed by atoms with Gasteiger partial charge in [0, 0.05) is 0 Å². The Morgan fingerprint density at radius 1 is 1.19 bits per heavy atom. The molecular weight excluding hydrogens is 341 g/mol. The molecule has 0 aliphatic heterocycles. The van der Waals surface area contributed by atoms with Crippen LogP contribution in [0.3, 0.4) is 0 Å². The third-order valence-corrected chi connectivity index (χ3v) is 2.83. The minimum Gasteiger partial charge on any atom is -0.480 e. The average molecular weight is 348 g/mol. The summed E-state index contributed by atoms with van der Waals surface area (Å²) in [6.45, 7) is -3.02. The van der Waals surface area contributed by atoms with Crippen LogP contribution in [0.4, 0.5) is 17.6 Å². The molecule has 0 fully saturated rings. The van der Waals surface area contributed by atoms with Gasteiger partial charge in [0.2, 0.25) is 0 Å².